The van der Waals surface area contributed by atoms with E-state index in [0.717, 1.165) is 33.8 Å². The van der Waals surface area contributed by atoms with Gasteiger partial charge in [0, 0.05) is 34.2 Å². The Balaban J connectivity index is 1.48. The summed E-state index contributed by atoms with van der Waals surface area (Å²) in [4.78, 5) is 13.0. The van der Waals surface area contributed by atoms with E-state index in [-0.39, 0.29) is 18.0 Å². The van der Waals surface area contributed by atoms with Gasteiger partial charge in [-0.05, 0) is 75.2 Å². The maximum Gasteiger partial charge on any atom is 0.255 e. The fraction of sp³-hybridized carbons (Fsp3) is 0.200. The first kappa shape index (κ1) is 28.3. The summed E-state index contributed by atoms with van der Waals surface area (Å²) in [5.74, 6) is -0.526. The zero-order chi connectivity index (χ0) is 28.0. The van der Waals surface area contributed by atoms with Crippen LogP contribution in [0.25, 0.3) is 5.69 Å². The Morgan fingerprint density at radius 2 is 1.64 bits per heavy atom. The van der Waals surface area contributed by atoms with Crippen molar-refractivity contribution in [3.05, 3.63) is 118 Å². The maximum absolute atomic E-state index is 13.4. The summed E-state index contributed by atoms with van der Waals surface area (Å²) < 4.78 is 30.1. The number of aromatic nitrogens is 1. The molecule has 3 aromatic carbocycles. The third-order valence-electron chi connectivity index (χ3n) is 6.42. The molecule has 202 valence electrons. The molecule has 0 fully saturated rings. The van der Waals surface area contributed by atoms with Crippen LogP contribution in [0.15, 0.2) is 94.9 Å². The lowest BCUT2D eigenvalue weighted by Gasteiger charge is -2.21. The van der Waals surface area contributed by atoms with Crippen LogP contribution in [0.4, 0.5) is 0 Å². The molecule has 4 rings (SSSR count). The topological polar surface area (TPSA) is 83.8 Å². The molecule has 0 atom stereocenters. The fourth-order valence-electron chi connectivity index (χ4n) is 4.32. The highest BCUT2D eigenvalue weighted by Gasteiger charge is 2.26. The Labute approximate surface area is 234 Å². The molecule has 1 heterocycles. The number of sulfonamides is 1. The zero-order valence-corrected chi connectivity index (χ0v) is 23.7. The predicted octanol–water partition coefficient (Wildman–Crippen LogP) is 5.44. The number of rotatable bonds is 10. The van der Waals surface area contributed by atoms with Gasteiger partial charge >= 0.3 is 0 Å². The fourth-order valence-corrected chi connectivity index (χ4v) is 5.84. The molecule has 7 nitrogen and oxygen atoms in total. The van der Waals surface area contributed by atoms with Crippen LogP contribution in [-0.2, 0) is 21.2 Å². The van der Waals surface area contributed by atoms with Gasteiger partial charge in [-0.2, -0.15) is 9.41 Å². The summed E-state index contributed by atoms with van der Waals surface area (Å²) >= 11 is 6.03. The Morgan fingerprint density at radius 3 is 2.31 bits per heavy atom. The second kappa shape index (κ2) is 12.4. The van der Waals surface area contributed by atoms with E-state index in [9.17, 15) is 13.2 Å². The van der Waals surface area contributed by atoms with Crippen molar-refractivity contribution in [1.82, 2.24) is 14.3 Å². The van der Waals surface area contributed by atoms with Crippen LogP contribution in [0.5, 0.6) is 0 Å². The Kier molecular flexibility index (Phi) is 9.01. The van der Waals surface area contributed by atoms with Crippen LogP contribution in [0, 0.1) is 20.8 Å². The van der Waals surface area contributed by atoms with Crippen molar-refractivity contribution in [3.8, 4) is 5.69 Å². The van der Waals surface area contributed by atoms with Gasteiger partial charge in [0.2, 0.25) is 10.0 Å². The van der Waals surface area contributed by atoms with Crippen molar-refractivity contribution >= 4 is 33.7 Å². The third-order valence-corrected chi connectivity index (χ3v) is 8.53. The van der Waals surface area contributed by atoms with Gasteiger partial charge in [0.15, 0.2) is 0 Å². The molecule has 1 N–H and O–H groups in total. The molecular formula is C30H31ClN4O3S. The molecule has 0 spiro atoms. The summed E-state index contributed by atoms with van der Waals surface area (Å²) in [5, 5.41) is 4.78. The van der Waals surface area contributed by atoms with Gasteiger partial charge in [0.25, 0.3) is 5.91 Å². The van der Waals surface area contributed by atoms with Crippen molar-refractivity contribution in [2.24, 2.45) is 5.10 Å². The minimum absolute atomic E-state index is 0.145. The molecule has 0 aliphatic carbocycles. The monoisotopic (exact) mass is 562 g/mol. The van der Waals surface area contributed by atoms with Gasteiger partial charge < -0.3 is 4.57 Å². The van der Waals surface area contributed by atoms with Crippen molar-refractivity contribution < 1.29 is 13.2 Å². The summed E-state index contributed by atoms with van der Waals surface area (Å²) in [6.45, 7) is 5.63. The zero-order valence-electron chi connectivity index (χ0n) is 22.1. The molecule has 0 aliphatic heterocycles. The number of halogens is 1. The van der Waals surface area contributed by atoms with Crippen LogP contribution in [-0.4, -0.2) is 42.5 Å². The molecule has 9 heteroatoms. The van der Waals surface area contributed by atoms with Crippen molar-refractivity contribution in [2.75, 3.05) is 13.1 Å². The molecule has 0 saturated heterocycles. The molecule has 4 aromatic rings. The lowest BCUT2D eigenvalue weighted by atomic mass is 10.1. The number of hydrazone groups is 1. The maximum atomic E-state index is 13.4. The van der Waals surface area contributed by atoms with E-state index in [4.69, 9.17) is 11.6 Å². The average molecular weight is 563 g/mol. The number of carbonyl (C=O) groups excluding carboxylic acids is 1. The molecule has 0 unspecified atom stereocenters. The number of hydrogen-bond donors (Lipinski definition) is 1. The van der Waals surface area contributed by atoms with Crippen molar-refractivity contribution in [2.45, 2.75) is 32.1 Å². The van der Waals surface area contributed by atoms with Gasteiger partial charge in [0.05, 0.1) is 17.7 Å². The van der Waals surface area contributed by atoms with Crippen molar-refractivity contribution in [3.63, 3.8) is 0 Å². The second-order valence-electron chi connectivity index (χ2n) is 9.32. The molecular weight excluding hydrogens is 532 g/mol. The Hall–Kier alpha value is -3.72. The first-order chi connectivity index (χ1) is 18.6. The van der Waals surface area contributed by atoms with Crippen LogP contribution < -0.4 is 5.43 Å². The number of hydrogen-bond acceptors (Lipinski definition) is 4. The third kappa shape index (κ3) is 7.03. The number of nitrogens with zero attached hydrogens (tertiary/aromatic N) is 3. The first-order valence-electron chi connectivity index (χ1n) is 12.5. The summed E-state index contributed by atoms with van der Waals surface area (Å²) in [7, 11) is -3.90. The smallest absolute Gasteiger partial charge is 0.255 e. The molecule has 0 saturated carbocycles. The van der Waals surface area contributed by atoms with Gasteiger partial charge in [-0.15, -0.1) is 0 Å². The highest BCUT2D eigenvalue weighted by molar-refractivity contribution is 7.89. The summed E-state index contributed by atoms with van der Waals surface area (Å²) in [6.07, 6.45) is 2.04. The van der Waals surface area contributed by atoms with Gasteiger partial charge in [-0.3, -0.25) is 4.79 Å². The lowest BCUT2D eigenvalue weighted by Crippen LogP contribution is -2.40. The van der Waals surface area contributed by atoms with Crippen molar-refractivity contribution in [1.29, 1.82) is 0 Å². The summed E-state index contributed by atoms with van der Waals surface area (Å²) in [5.41, 5.74) is 8.17. The minimum Gasteiger partial charge on any atom is -0.318 e. The average Bonchev–Trinajstić information content (AvgIpc) is 3.20. The van der Waals surface area contributed by atoms with Gasteiger partial charge in [-0.25, -0.2) is 13.8 Å². The van der Waals surface area contributed by atoms with E-state index in [2.05, 4.69) is 15.1 Å². The predicted molar refractivity (Wildman–Crippen MR) is 156 cm³/mol. The number of benzene rings is 3. The van der Waals surface area contributed by atoms with Crippen LogP contribution in [0.2, 0.25) is 5.02 Å². The summed E-state index contributed by atoms with van der Waals surface area (Å²) in [6, 6.07) is 25.7. The normalized spacial score (nSPS) is 11.8. The quantitative estimate of drug-likeness (QED) is 0.206. The van der Waals surface area contributed by atoms with Crippen LogP contribution in [0.3, 0.4) is 0 Å². The van der Waals surface area contributed by atoms with E-state index in [0.29, 0.717) is 11.4 Å². The highest BCUT2D eigenvalue weighted by Crippen LogP contribution is 2.21. The standard InChI is InChI=1S/C30H31ClN4O3S/c1-22-9-15-29(16-10-22)39(37,38)34(18-17-25-7-5-4-6-8-25)21-30(36)33-32-20-26-19-23(2)35(24(26)3)28-13-11-27(31)12-14-28/h4-16,19-20H,17-18,21H2,1-3H3,(H,33,36)/b32-20+. The molecule has 0 bridgehead atoms. The molecule has 39 heavy (non-hydrogen) atoms. The van der Waals surface area contributed by atoms with Crippen LogP contribution >= 0.6 is 11.6 Å². The molecule has 0 radical (unpaired) electrons. The highest BCUT2D eigenvalue weighted by atomic mass is 35.5. The van der Waals surface area contributed by atoms with Gasteiger partial charge in [-0.1, -0.05) is 59.6 Å². The number of nitrogens with one attached hydrogen (secondary N) is 1. The first-order valence-corrected chi connectivity index (χ1v) is 14.3. The lowest BCUT2D eigenvalue weighted by molar-refractivity contribution is -0.121. The van der Waals surface area contributed by atoms with Crippen LogP contribution in [0.1, 0.15) is 28.1 Å². The number of carbonyl (C=O) groups is 1. The van der Waals surface area contributed by atoms with E-state index in [1.54, 1.807) is 30.5 Å². The molecule has 1 aromatic heterocycles. The number of amides is 1. The Morgan fingerprint density at radius 1 is 0.974 bits per heavy atom. The largest absolute Gasteiger partial charge is 0.318 e. The minimum atomic E-state index is -3.90. The Bertz CT molecular complexity index is 1560. The van der Waals surface area contributed by atoms with E-state index in [1.807, 2.05) is 81.4 Å². The second-order valence-corrected chi connectivity index (χ2v) is 11.7. The molecule has 0 aliphatic rings. The van der Waals surface area contributed by atoms with Gasteiger partial charge in [0.1, 0.15) is 0 Å². The molecule has 1 amide bonds. The van der Waals surface area contributed by atoms with E-state index in [1.165, 1.54) is 4.31 Å². The SMILES string of the molecule is Cc1ccc(S(=O)(=O)N(CCc2ccccc2)CC(=O)N/N=C/c2cc(C)n(-c3ccc(Cl)cc3)c2C)cc1. The number of aryl methyl sites for hydroxylation is 2. The van der Waals surface area contributed by atoms with E-state index < -0.39 is 15.9 Å². The van der Waals surface area contributed by atoms with E-state index >= 15 is 0 Å².